The van der Waals surface area contributed by atoms with Gasteiger partial charge in [0.05, 0.1) is 12.3 Å². The molecule has 0 radical (unpaired) electrons. The molecule has 0 saturated carbocycles. The van der Waals surface area contributed by atoms with Crippen molar-refractivity contribution in [3.63, 3.8) is 0 Å². The summed E-state index contributed by atoms with van der Waals surface area (Å²) in [6, 6.07) is 12.9. The lowest BCUT2D eigenvalue weighted by atomic mass is 10.3. The van der Waals surface area contributed by atoms with E-state index in [1.165, 1.54) is 17.8 Å². The number of thioether (sulfide) groups is 1. The number of nitrogens with zero attached hydrogens (tertiary/aromatic N) is 2. The fourth-order valence-electron chi connectivity index (χ4n) is 2.88. The first-order valence-corrected chi connectivity index (χ1v) is 9.93. The summed E-state index contributed by atoms with van der Waals surface area (Å²) < 4.78 is 26.2. The molecule has 1 heterocycles. The molecule has 148 valence electrons. The summed E-state index contributed by atoms with van der Waals surface area (Å²) in [6.45, 7) is 2.58. The smallest absolute Gasteiger partial charge is 0.238 e. The van der Waals surface area contributed by atoms with Crippen LogP contribution in [-0.2, 0) is 9.59 Å². The van der Waals surface area contributed by atoms with E-state index in [1.807, 2.05) is 35.2 Å². The lowest BCUT2D eigenvalue weighted by molar-refractivity contribution is -0.130. The molecule has 0 bridgehead atoms. The van der Waals surface area contributed by atoms with Crippen LogP contribution in [0.4, 0.5) is 14.5 Å². The first-order valence-electron chi connectivity index (χ1n) is 8.94. The topological polar surface area (TPSA) is 52.7 Å². The van der Waals surface area contributed by atoms with E-state index in [9.17, 15) is 18.4 Å². The molecule has 8 heteroatoms. The molecule has 2 aromatic carbocycles. The highest BCUT2D eigenvalue weighted by Crippen LogP contribution is 2.21. The van der Waals surface area contributed by atoms with E-state index in [1.54, 1.807) is 4.90 Å². The second-order valence-electron chi connectivity index (χ2n) is 6.44. The number of amides is 2. The van der Waals surface area contributed by atoms with E-state index in [2.05, 4.69) is 5.32 Å². The average Bonchev–Trinajstić information content (AvgIpc) is 2.70. The molecule has 1 fully saturated rings. The van der Waals surface area contributed by atoms with Gasteiger partial charge in [0, 0.05) is 36.8 Å². The van der Waals surface area contributed by atoms with E-state index >= 15 is 0 Å². The maximum atomic E-state index is 13.2. The van der Waals surface area contributed by atoms with Gasteiger partial charge in [0.1, 0.15) is 0 Å². The van der Waals surface area contributed by atoms with Gasteiger partial charge < -0.3 is 10.2 Å². The standard InChI is InChI=1S/C20H21F2N3O2S/c21-17-7-6-16(12-18(17)22)28-14-20(27)25-10-8-24(9-11-25)13-19(26)23-15-4-2-1-3-5-15/h1-7,12H,8-11,13-14H2,(H,23,26). The van der Waals surface area contributed by atoms with Crippen molar-refractivity contribution in [1.82, 2.24) is 9.80 Å². The van der Waals surface area contributed by atoms with Crippen molar-refractivity contribution >= 4 is 29.3 Å². The van der Waals surface area contributed by atoms with Gasteiger partial charge in [0.2, 0.25) is 11.8 Å². The molecule has 1 saturated heterocycles. The monoisotopic (exact) mass is 405 g/mol. The molecular formula is C20H21F2N3O2S. The Morgan fingerprint density at radius 2 is 1.68 bits per heavy atom. The lowest BCUT2D eigenvalue weighted by Crippen LogP contribution is -2.50. The van der Waals surface area contributed by atoms with E-state index in [4.69, 9.17) is 0 Å². The molecule has 0 spiro atoms. The molecule has 1 N–H and O–H groups in total. The Hall–Kier alpha value is -2.45. The molecular weight excluding hydrogens is 384 g/mol. The quantitative estimate of drug-likeness (QED) is 0.751. The van der Waals surface area contributed by atoms with Crippen molar-refractivity contribution in [3.8, 4) is 0 Å². The van der Waals surface area contributed by atoms with Gasteiger partial charge in [-0.2, -0.15) is 0 Å². The third kappa shape index (κ3) is 5.77. The number of anilines is 1. The molecule has 0 atom stereocenters. The van der Waals surface area contributed by atoms with Crippen molar-refractivity contribution in [1.29, 1.82) is 0 Å². The SMILES string of the molecule is O=C(CN1CCN(C(=O)CSc2ccc(F)c(F)c2)CC1)Nc1ccccc1. The Labute approximate surface area is 166 Å². The van der Waals surface area contributed by atoms with Gasteiger partial charge in [-0.15, -0.1) is 11.8 Å². The van der Waals surface area contributed by atoms with Crippen LogP contribution in [0.15, 0.2) is 53.4 Å². The van der Waals surface area contributed by atoms with E-state index in [-0.39, 0.29) is 24.1 Å². The third-order valence-corrected chi connectivity index (χ3v) is 5.38. The molecule has 1 aliphatic heterocycles. The summed E-state index contributed by atoms with van der Waals surface area (Å²) in [7, 11) is 0. The fourth-order valence-corrected chi connectivity index (χ4v) is 3.71. The van der Waals surface area contributed by atoms with E-state index in [0.717, 1.165) is 17.8 Å². The Morgan fingerprint density at radius 3 is 2.36 bits per heavy atom. The normalized spacial score (nSPS) is 14.7. The summed E-state index contributed by atoms with van der Waals surface area (Å²) in [4.78, 5) is 28.7. The summed E-state index contributed by atoms with van der Waals surface area (Å²) in [5, 5.41) is 2.85. The maximum Gasteiger partial charge on any atom is 0.238 e. The van der Waals surface area contributed by atoms with Crippen LogP contribution in [0, 0.1) is 11.6 Å². The minimum Gasteiger partial charge on any atom is -0.339 e. The Balaban J connectivity index is 1.40. The molecule has 2 amide bonds. The number of hydrogen-bond acceptors (Lipinski definition) is 4. The highest BCUT2D eigenvalue weighted by Gasteiger charge is 2.22. The third-order valence-electron chi connectivity index (χ3n) is 4.40. The van der Waals surface area contributed by atoms with Gasteiger partial charge in [-0.1, -0.05) is 18.2 Å². The number of carbonyl (C=O) groups is 2. The minimum absolute atomic E-state index is 0.0527. The number of carbonyl (C=O) groups excluding carboxylic acids is 2. The second-order valence-corrected chi connectivity index (χ2v) is 7.48. The summed E-state index contributed by atoms with van der Waals surface area (Å²) in [5.74, 6) is -1.79. The van der Waals surface area contributed by atoms with Gasteiger partial charge in [-0.05, 0) is 30.3 Å². The van der Waals surface area contributed by atoms with Crippen LogP contribution in [0.3, 0.4) is 0 Å². The molecule has 0 unspecified atom stereocenters. The summed E-state index contributed by atoms with van der Waals surface area (Å²) >= 11 is 1.18. The molecule has 0 aliphatic carbocycles. The number of hydrogen-bond donors (Lipinski definition) is 1. The zero-order valence-electron chi connectivity index (χ0n) is 15.2. The van der Waals surface area contributed by atoms with Crippen LogP contribution in [-0.4, -0.2) is 60.1 Å². The number of para-hydroxylation sites is 1. The van der Waals surface area contributed by atoms with Crippen LogP contribution in [0.5, 0.6) is 0 Å². The summed E-state index contributed by atoms with van der Waals surface area (Å²) in [6.07, 6.45) is 0. The Morgan fingerprint density at radius 1 is 0.964 bits per heavy atom. The largest absolute Gasteiger partial charge is 0.339 e. The summed E-state index contributed by atoms with van der Waals surface area (Å²) in [5.41, 5.74) is 0.760. The van der Waals surface area contributed by atoms with E-state index < -0.39 is 11.6 Å². The fraction of sp³-hybridized carbons (Fsp3) is 0.300. The first-order chi connectivity index (χ1) is 13.5. The number of nitrogens with one attached hydrogen (secondary N) is 1. The van der Waals surface area contributed by atoms with Crippen molar-refractivity contribution < 1.29 is 18.4 Å². The van der Waals surface area contributed by atoms with Crippen LogP contribution < -0.4 is 5.32 Å². The molecule has 0 aromatic heterocycles. The molecule has 3 rings (SSSR count). The second kappa shape index (κ2) is 9.66. The van der Waals surface area contributed by atoms with Gasteiger partial charge in [-0.25, -0.2) is 8.78 Å². The zero-order valence-corrected chi connectivity index (χ0v) is 16.1. The average molecular weight is 405 g/mol. The highest BCUT2D eigenvalue weighted by atomic mass is 32.2. The minimum atomic E-state index is -0.917. The van der Waals surface area contributed by atoms with Gasteiger partial charge in [0.15, 0.2) is 11.6 Å². The molecule has 2 aromatic rings. The number of benzene rings is 2. The molecule has 28 heavy (non-hydrogen) atoms. The van der Waals surface area contributed by atoms with Gasteiger partial charge in [-0.3, -0.25) is 14.5 Å². The highest BCUT2D eigenvalue weighted by molar-refractivity contribution is 8.00. The van der Waals surface area contributed by atoms with Gasteiger partial charge >= 0.3 is 0 Å². The van der Waals surface area contributed by atoms with E-state index in [0.29, 0.717) is 31.1 Å². The van der Waals surface area contributed by atoms with Crippen LogP contribution in [0.2, 0.25) is 0 Å². The van der Waals surface area contributed by atoms with Crippen LogP contribution in [0.1, 0.15) is 0 Å². The Kier molecular flexibility index (Phi) is 7.00. The van der Waals surface area contributed by atoms with Crippen molar-refractivity contribution in [2.24, 2.45) is 0 Å². The first kappa shape index (κ1) is 20.3. The lowest BCUT2D eigenvalue weighted by Gasteiger charge is -2.34. The zero-order chi connectivity index (χ0) is 19.9. The van der Waals surface area contributed by atoms with Crippen LogP contribution in [0.25, 0.3) is 0 Å². The predicted molar refractivity (Wildman–Crippen MR) is 105 cm³/mol. The Bertz CT molecular complexity index is 827. The van der Waals surface area contributed by atoms with Gasteiger partial charge in [0.25, 0.3) is 0 Å². The molecule has 5 nitrogen and oxygen atoms in total. The number of rotatable bonds is 6. The predicted octanol–water partition coefficient (Wildman–Crippen LogP) is 2.84. The van der Waals surface area contributed by atoms with Crippen molar-refractivity contribution in [3.05, 3.63) is 60.2 Å². The van der Waals surface area contributed by atoms with Crippen molar-refractivity contribution in [2.45, 2.75) is 4.90 Å². The maximum absolute atomic E-state index is 13.2. The number of halogens is 2. The van der Waals surface area contributed by atoms with Crippen molar-refractivity contribution in [2.75, 3.05) is 43.8 Å². The van der Waals surface area contributed by atoms with Crippen LogP contribution >= 0.6 is 11.8 Å². The number of piperazine rings is 1. The molecule has 1 aliphatic rings.